The number of nitrogens with zero attached hydrogens (tertiary/aromatic N) is 3. The molecule has 0 unspecified atom stereocenters. The summed E-state index contributed by atoms with van der Waals surface area (Å²) in [6.45, 7) is 1.81. The van der Waals surface area contributed by atoms with E-state index in [-0.39, 0.29) is 28.4 Å². The van der Waals surface area contributed by atoms with Crippen molar-refractivity contribution in [3.8, 4) is 0 Å². The van der Waals surface area contributed by atoms with Crippen LogP contribution in [0.2, 0.25) is 5.02 Å². The fourth-order valence-electron chi connectivity index (χ4n) is 3.68. The molecular formula is C28H23ClN4O5S. The number of halogens is 1. The molecule has 198 valence electrons. The molecule has 0 heterocycles. The van der Waals surface area contributed by atoms with E-state index in [1.807, 2.05) is 6.92 Å². The van der Waals surface area contributed by atoms with Gasteiger partial charge in [-0.1, -0.05) is 53.6 Å². The van der Waals surface area contributed by atoms with Gasteiger partial charge in [-0.25, -0.2) is 13.8 Å². The van der Waals surface area contributed by atoms with Gasteiger partial charge in [0, 0.05) is 17.2 Å². The molecule has 0 saturated carbocycles. The van der Waals surface area contributed by atoms with E-state index in [1.54, 1.807) is 54.6 Å². The van der Waals surface area contributed by atoms with Crippen LogP contribution in [0.5, 0.6) is 0 Å². The maximum Gasteiger partial charge on any atom is 0.273 e. The number of carbonyl (C=O) groups excluding carboxylic acids is 1. The average molecular weight is 563 g/mol. The number of non-ortho nitro benzene ring substituents is 1. The number of nitro benzene ring substituents is 1. The Labute approximate surface area is 230 Å². The quantitative estimate of drug-likeness (QED) is 0.159. The first-order valence-electron chi connectivity index (χ1n) is 11.7. The average Bonchev–Trinajstić information content (AvgIpc) is 2.93. The lowest BCUT2D eigenvalue weighted by atomic mass is 10.1. The Hall–Kier alpha value is -4.54. The van der Waals surface area contributed by atoms with Gasteiger partial charge in [0.2, 0.25) is 0 Å². The molecule has 0 aliphatic carbocycles. The highest BCUT2D eigenvalue weighted by Gasteiger charge is 2.28. The molecule has 9 nitrogen and oxygen atoms in total. The monoisotopic (exact) mass is 562 g/mol. The highest BCUT2D eigenvalue weighted by Crippen LogP contribution is 2.30. The second-order valence-electron chi connectivity index (χ2n) is 8.52. The number of amides is 1. The number of nitro groups is 1. The predicted octanol–water partition coefficient (Wildman–Crippen LogP) is 5.72. The van der Waals surface area contributed by atoms with Crippen LogP contribution >= 0.6 is 11.6 Å². The zero-order chi connectivity index (χ0) is 28.0. The van der Waals surface area contributed by atoms with Crippen LogP contribution in [-0.2, 0) is 16.6 Å². The number of hydrogen-bond acceptors (Lipinski definition) is 6. The van der Waals surface area contributed by atoms with Crippen LogP contribution in [0.3, 0.4) is 0 Å². The number of carbonyl (C=O) groups is 1. The van der Waals surface area contributed by atoms with Crippen molar-refractivity contribution in [1.82, 2.24) is 5.43 Å². The van der Waals surface area contributed by atoms with Crippen LogP contribution in [0.4, 0.5) is 11.4 Å². The summed E-state index contributed by atoms with van der Waals surface area (Å²) in [5.74, 6) is -0.635. The van der Waals surface area contributed by atoms with Crippen molar-refractivity contribution in [3.05, 3.63) is 134 Å². The Kier molecular flexibility index (Phi) is 8.38. The zero-order valence-electron chi connectivity index (χ0n) is 20.7. The molecule has 4 rings (SSSR count). The number of anilines is 1. The first kappa shape index (κ1) is 27.5. The molecule has 4 aromatic rings. The summed E-state index contributed by atoms with van der Waals surface area (Å²) in [7, 11) is -4.08. The van der Waals surface area contributed by atoms with Gasteiger partial charge in [-0.3, -0.25) is 19.2 Å². The van der Waals surface area contributed by atoms with E-state index >= 15 is 0 Å². The van der Waals surface area contributed by atoms with Gasteiger partial charge in [-0.15, -0.1) is 0 Å². The van der Waals surface area contributed by atoms with Crippen LogP contribution < -0.4 is 9.73 Å². The van der Waals surface area contributed by atoms with Gasteiger partial charge in [0.1, 0.15) is 0 Å². The molecular weight excluding hydrogens is 540 g/mol. The number of benzene rings is 4. The summed E-state index contributed by atoms with van der Waals surface area (Å²) in [4.78, 5) is 23.5. The molecule has 0 aromatic heterocycles. The van der Waals surface area contributed by atoms with Gasteiger partial charge in [-0.2, -0.15) is 5.10 Å². The molecule has 0 atom stereocenters. The highest BCUT2D eigenvalue weighted by atomic mass is 35.5. The normalized spacial score (nSPS) is 11.3. The lowest BCUT2D eigenvalue weighted by molar-refractivity contribution is -0.384. The van der Waals surface area contributed by atoms with Crippen molar-refractivity contribution in [2.75, 3.05) is 4.31 Å². The van der Waals surface area contributed by atoms with Crippen LogP contribution in [0.1, 0.15) is 27.0 Å². The standard InChI is InChI=1S/C28H23ClN4O5S/c1-20-6-16-25(17-7-20)39(37,38)32(19-22-8-12-23(29)13-9-22)27-5-3-2-4-26(27)28(34)31-30-18-21-10-14-24(15-11-21)33(35)36/h2-18H,19H2,1H3,(H,31,34)/b30-18+. The van der Waals surface area contributed by atoms with Gasteiger partial charge in [0.25, 0.3) is 21.6 Å². The van der Waals surface area contributed by atoms with Crippen molar-refractivity contribution in [2.24, 2.45) is 5.10 Å². The molecule has 39 heavy (non-hydrogen) atoms. The SMILES string of the molecule is Cc1ccc(S(=O)(=O)N(Cc2ccc(Cl)cc2)c2ccccc2C(=O)N/N=C/c2ccc([N+](=O)[O-])cc2)cc1. The second kappa shape index (κ2) is 11.9. The van der Waals surface area contributed by atoms with E-state index in [4.69, 9.17) is 11.6 Å². The lowest BCUT2D eigenvalue weighted by Gasteiger charge is -2.26. The third-order valence-corrected chi connectivity index (χ3v) is 7.78. The van der Waals surface area contributed by atoms with Crippen molar-refractivity contribution < 1.29 is 18.1 Å². The number of nitrogens with one attached hydrogen (secondary N) is 1. The summed E-state index contributed by atoms with van der Waals surface area (Å²) in [6, 6.07) is 25.2. The Balaban J connectivity index is 1.67. The number of hydrazone groups is 1. The Morgan fingerprint density at radius 3 is 2.26 bits per heavy atom. The van der Waals surface area contributed by atoms with Crippen molar-refractivity contribution in [2.45, 2.75) is 18.4 Å². The summed E-state index contributed by atoms with van der Waals surface area (Å²) < 4.78 is 28.9. The third-order valence-electron chi connectivity index (χ3n) is 5.75. The minimum atomic E-state index is -4.08. The fraction of sp³-hybridized carbons (Fsp3) is 0.0714. The van der Waals surface area contributed by atoms with Crippen molar-refractivity contribution in [1.29, 1.82) is 0 Å². The largest absolute Gasteiger partial charge is 0.273 e. The Morgan fingerprint density at radius 2 is 1.62 bits per heavy atom. The van der Waals surface area contributed by atoms with Gasteiger partial charge in [0.05, 0.1) is 33.8 Å². The number of sulfonamides is 1. The smallest absolute Gasteiger partial charge is 0.267 e. The van der Waals surface area contributed by atoms with Gasteiger partial charge in [-0.05, 0) is 66.6 Å². The molecule has 0 saturated heterocycles. The molecule has 0 aliphatic rings. The van der Waals surface area contributed by atoms with E-state index in [1.165, 1.54) is 53.0 Å². The van der Waals surface area contributed by atoms with E-state index in [9.17, 15) is 23.3 Å². The summed E-state index contributed by atoms with van der Waals surface area (Å²) in [6.07, 6.45) is 1.33. The molecule has 4 aromatic carbocycles. The predicted molar refractivity (Wildman–Crippen MR) is 151 cm³/mol. The topological polar surface area (TPSA) is 122 Å². The van der Waals surface area contributed by atoms with E-state index < -0.39 is 20.9 Å². The summed E-state index contributed by atoms with van der Waals surface area (Å²) >= 11 is 6.02. The number of rotatable bonds is 9. The maximum atomic E-state index is 13.9. The molecule has 0 spiro atoms. The molecule has 1 N–H and O–H groups in total. The Bertz CT molecular complexity index is 1620. The molecule has 0 bridgehead atoms. The molecule has 0 fully saturated rings. The zero-order valence-corrected chi connectivity index (χ0v) is 22.3. The van der Waals surface area contributed by atoms with Gasteiger partial charge < -0.3 is 0 Å². The van der Waals surface area contributed by atoms with Crippen LogP contribution in [-0.4, -0.2) is 25.5 Å². The fourth-order valence-corrected chi connectivity index (χ4v) is 5.28. The second-order valence-corrected chi connectivity index (χ2v) is 10.8. The number of para-hydroxylation sites is 1. The van der Waals surface area contributed by atoms with Crippen molar-refractivity contribution >= 4 is 45.1 Å². The minimum absolute atomic E-state index is 0.0519. The highest BCUT2D eigenvalue weighted by molar-refractivity contribution is 7.92. The minimum Gasteiger partial charge on any atom is -0.267 e. The molecule has 0 aliphatic heterocycles. The van der Waals surface area contributed by atoms with E-state index in [2.05, 4.69) is 10.5 Å². The van der Waals surface area contributed by atoms with Crippen LogP contribution in [0.15, 0.2) is 107 Å². The molecule has 0 radical (unpaired) electrons. The van der Waals surface area contributed by atoms with Gasteiger partial charge >= 0.3 is 0 Å². The first-order chi connectivity index (χ1) is 18.6. The number of hydrogen-bond donors (Lipinski definition) is 1. The van der Waals surface area contributed by atoms with Crippen LogP contribution in [0.25, 0.3) is 0 Å². The van der Waals surface area contributed by atoms with Crippen molar-refractivity contribution in [3.63, 3.8) is 0 Å². The maximum absolute atomic E-state index is 13.9. The van der Waals surface area contributed by atoms with E-state index in [0.29, 0.717) is 16.1 Å². The first-order valence-corrected chi connectivity index (χ1v) is 13.5. The number of aryl methyl sites for hydroxylation is 1. The Morgan fingerprint density at radius 1 is 0.974 bits per heavy atom. The summed E-state index contributed by atoms with van der Waals surface area (Å²) in [5, 5.41) is 15.3. The van der Waals surface area contributed by atoms with Gasteiger partial charge in [0.15, 0.2) is 0 Å². The summed E-state index contributed by atoms with van der Waals surface area (Å²) in [5.41, 5.74) is 4.69. The van der Waals surface area contributed by atoms with E-state index in [0.717, 1.165) is 5.56 Å². The third kappa shape index (κ3) is 6.67. The lowest BCUT2D eigenvalue weighted by Crippen LogP contribution is -2.33. The molecule has 1 amide bonds. The van der Waals surface area contributed by atoms with Crippen LogP contribution in [0, 0.1) is 17.0 Å². The molecule has 11 heteroatoms.